The third-order valence-corrected chi connectivity index (χ3v) is 6.42. The van der Waals surface area contributed by atoms with Gasteiger partial charge in [0.1, 0.15) is 12.6 Å². The Labute approximate surface area is 204 Å². The zero-order valence-corrected chi connectivity index (χ0v) is 19.7. The molecule has 0 saturated carbocycles. The lowest BCUT2D eigenvalue weighted by molar-refractivity contribution is -0.142. The summed E-state index contributed by atoms with van der Waals surface area (Å²) in [7, 11) is 0. The Morgan fingerprint density at radius 3 is 2.03 bits per heavy atom. The normalized spacial score (nSPS) is 13.8. The second-order valence-electron chi connectivity index (χ2n) is 8.60. The Morgan fingerprint density at radius 1 is 0.914 bits per heavy atom. The summed E-state index contributed by atoms with van der Waals surface area (Å²) >= 11 is 0. The van der Waals surface area contributed by atoms with Gasteiger partial charge in [0.05, 0.1) is 5.92 Å². The van der Waals surface area contributed by atoms with Crippen molar-refractivity contribution in [2.24, 2.45) is 0 Å². The molecule has 0 fully saturated rings. The van der Waals surface area contributed by atoms with Crippen LogP contribution in [-0.4, -0.2) is 35.7 Å². The molecule has 0 saturated heterocycles. The maximum absolute atomic E-state index is 12.5. The van der Waals surface area contributed by atoms with Gasteiger partial charge in [-0.15, -0.1) is 0 Å². The Hall–Kier alpha value is -4.13. The van der Waals surface area contributed by atoms with E-state index in [0.717, 1.165) is 11.1 Å². The van der Waals surface area contributed by atoms with Gasteiger partial charge in [-0.2, -0.15) is 0 Å². The number of carboxylic acids is 1. The van der Waals surface area contributed by atoms with Crippen LogP contribution >= 0.6 is 0 Å². The predicted molar refractivity (Wildman–Crippen MR) is 133 cm³/mol. The van der Waals surface area contributed by atoms with Crippen molar-refractivity contribution >= 4 is 23.7 Å². The number of carbonyl (C=O) groups excluding carboxylic acids is 2. The zero-order chi connectivity index (χ0) is 24.9. The van der Waals surface area contributed by atoms with E-state index in [1.54, 1.807) is 38.1 Å². The molecule has 0 radical (unpaired) electrons. The summed E-state index contributed by atoms with van der Waals surface area (Å²) in [6.45, 7) is 3.63. The largest absolute Gasteiger partial charge is 0.480 e. The molecule has 7 heteroatoms. The highest BCUT2D eigenvalue weighted by Gasteiger charge is 2.29. The molecule has 0 bridgehead atoms. The third kappa shape index (κ3) is 5.19. The second kappa shape index (κ2) is 10.4. The number of amides is 2. The molecular formula is C28H28N2O5. The molecule has 2 amide bonds. The first-order chi connectivity index (χ1) is 16.9. The van der Waals surface area contributed by atoms with Crippen molar-refractivity contribution in [3.63, 3.8) is 0 Å². The molecule has 3 N–H and O–H groups in total. The van der Waals surface area contributed by atoms with Crippen LogP contribution in [-0.2, 0) is 14.3 Å². The van der Waals surface area contributed by atoms with E-state index in [1.807, 2.05) is 24.3 Å². The SMILES string of the molecule is CC[C@H](NC(=O)C(C)c1ccc(NC(=O)OCC2c3ccccc3-c3ccccc32)cc1)C(=O)O. The first-order valence-electron chi connectivity index (χ1n) is 11.6. The first kappa shape index (κ1) is 24.0. The van der Waals surface area contributed by atoms with E-state index < -0.39 is 24.0 Å². The fourth-order valence-corrected chi connectivity index (χ4v) is 4.39. The van der Waals surface area contributed by atoms with Crippen molar-refractivity contribution in [3.8, 4) is 11.1 Å². The van der Waals surface area contributed by atoms with Crippen LogP contribution in [0.15, 0.2) is 72.8 Å². The molecule has 2 atom stereocenters. The molecule has 1 aliphatic rings. The fraction of sp³-hybridized carbons (Fsp3) is 0.250. The highest BCUT2D eigenvalue weighted by molar-refractivity contribution is 5.88. The molecule has 3 aromatic carbocycles. The predicted octanol–water partition coefficient (Wildman–Crippen LogP) is 5.13. The minimum atomic E-state index is -1.06. The highest BCUT2D eigenvalue weighted by Crippen LogP contribution is 2.44. The minimum absolute atomic E-state index is 0.0207. The van der Waals surface area contributed by atoms with Crippen molar-refractivity contribution in [1.29, 1.82) is 0 Å². The van der Waals surface area contributed by atoms with Crippen LogP contribution in [0.2, 0.25) is 0 Å². The van der Waals surface area contributed by atoms with E-state index in [-0.39, 0.29) is 18.4 Å². The second-order valence-corrected chi connectivity index (χ2v) is 8.60. The lowest BCUT2D eigenvalue weighted by Crippen LogP contribution is -2.42. The first-order valence-corrected chi connectivity index (χ1v) is 11.6. The summed E-state index contributed by atoms with van der Waals surface area (Å²) in [5.41, 5.74) is 5.87. The average Bonchev–Trinajstić information content (AvgIpc) is 3.19. The van der Waals surface area contributed by atoms with Crippen molar-refractivity contribution in [1.82, 2.24) is 5.32 Å². The van der Waals surface area contributed by atoms with Gasteiger partial charge in [0.15, 0.2) is 0 Å². The van der Waals surface area contributed by atoms with Crippen LogP contribution < -0.4 is 10.6 Å². The van der Waals surface area contributed by atoms with Gasteiger partial charge >= 0.3 is 12.1 Å². The topological polar surface area (TPSA) is 105 Å². The van der Waals surface area contributed by atoms with Gasteiger partial charge in [-0.25, -0.2) is 9.59 Å². The quantitative estimate of drug-likeness (QED) is 0.422. The summed E-state index contributed by atoms with van der Waals surface area (Å²) < 4.78 is 5.57. The number of hydrogen-bond donors (Lipinski definition) is 3. The van der Waals surface area contributed by atoms with Crippen molar-refractivity contribution in [2.75, 3.05) is 11.9 Å². The molecule has 7 nitrogen and oxygen atoms in total. The number of rotatable bonds is 8. The van der Waals surface area contributed by atoms with Crippen LogP contribution in [0.3, 0.4) is 0 Å². The van der Waals surface area contributed by atoms with Gasteiger partial charge in [0, 0.05) is 11.6 Å². The summed E-state index contributed by atoms with van der Waals surface area (Å²) in [5.74, 6) is -1.98. The molecule has 1 aliphatic carbocycles. The van der Waals surface area contributed by atoms with E-state index in [0.29, 0.717) is 17.7 Å². The van der Waals surface area contributed by atoms with Crippen molar-refractivity contribution in [3.05, 3.63) is 89.5 Å². The van der Waals surface area contributed by atoms with Crippen LogP contribution in [0.4, 0.5) is 10.5 Å². The molecule has 0 aromatic heterocycles. The Balaban J connectivity index is 1.35. The molecule has 1 unspecified atom stereocenters. The molecule has 3 aromatic rings. The number of aliphatic carboxylic acids is 1. The van der Waals surface area contributed by atoms with Crippen LogP contribution in [0, 0.1) is 0 Å². The number of hydrogen-bond acceptors (Lipinski definition) is 4. The van der Waals surface area contributed by atoms with Gasteiger partial charge in [0.25, 0.3) is 0 Å². The molecule has 0 spiro atoms. The number of fused-ring (bicyclic) bond motifs is 3. The zero-order valence-electron chi connectivity index (χ0n) is 19.7. The standard InChI is InChI=1S/C28H28N2O5/c1-3-25(27(32)33)30-26(31)17(2)18-12-14-19(15-13-18)29-28(34)35-16-24-22-10-6-4-8-20(22)21-9-5-7-11-23(21)24/h4-15,17,24-25H,3,16H2,1-2H3,(H,29,34)(H,30,31)(H,32,33)/t17?,25-/m0/s1. The third-order valence-electron chi connectivity index (χ3n) is 6.42. The Kier molecular flexibility index (Phi) is 7.15. The Morgan fingerprint density at radius 2 is 1.49 bits per heavy atom. The molecule has 35 heavy (non-hydrogen) atoms. The summed E-state index contributed by atoms with van der Waals surface area (Å²) in [4.78, 5) is 36.1. The van der Waals surface area contributed by atoms with E-state index in [2.05, 4.69) is 34.9 Å². The number of nitrogens with one attached hydrogen (secondary N) is 2. The van der Waals surface area contributed by atoms with E-state index in [9.17, 15) is 14.4 Å². The maximum Gasteiger partial charge on any atom is 0.411 e. The van der Waals surface area contributed by atoms with Gasteiger partial charge in [-0.1, -0.05) is 67.6 Å². The lowest BCUT2D eigenvalue weighted by atomic mass is 9.98. The number of carbonyl (C=O) groups is 3. The van der Waals surface area contributed by atoms with Crippen molar-refractivity contribution in [2.45, 2.75) is 38.1 Å². The molecule has 4 rings (SSSR count). The average molecular weight is 473 g/mol. The highest BCUT2D eigenvalue weighted by atomic mass is 16.5. The van der Waals surface area contributed by atoms with Crippen LogP contribution in [0.5, 0.6) is 0 Å². The summed E-state index contributed by atoms with van der Waals surface area (Å²) in [5, 5.41) is 14.4. The van der Waals surface area contributed by atoms with Gasteiger partial charge in [0.2, 0.25) is 5.91 Å². The number of anilines is 1. The monoisotopic (exact) mass is 472 g/mol. The van der Waals surface area contributed by atoms with E-state index in [1.165, 1.54) is 11.1 Å². The maximum atomic E-state index is 12.5. The van der Waals surface area contributed by atoms with Gasteiger partial charge in [-0.05, 0) is 53.3 Å². The molecule has 0 aliphatic heterocycles. The number of ether oxygens (including phenoxy) is 1. The minimum Gasteiger partial charge on any atom is -0.480 e. The number of carboxylic acid groups (broad SMARTS) is 1. The van der Waals surface area contributed by atoms with Gasteiger partial charge < -0.3 is 15.2 Å². The summed E-state index contributed by atoms with van der Waals surface area (Å²) in [6.07, 6.45) is -0.255. The van der Waals surface area contributed by atoms with E-state index in [4.69, 9.17) is 9.84 Å². The van der Waals surface area contributed by atoms with Crippen LogP contribution in [0.25, 0.3) is 11.1 Å². The number of benzene rings is 3. The van der Waals surface area contributed by atoms with Crippen molar-refractivity contribution < 1.29 is 24.2 Å². The smallest absolute Gasteiger partial charge is 0.411 e. The fourth-order valence-electron chi connectivity index (χ4n) is 4.39. The molecule has 180 valence electrons. The summed E-state index contributed by atoms with van der Waals surface area (Å²) in [6, 6.07) is 22.2. The van der Waals surface area contributed by atoms with Crippen LogP contribution in [0.1, 0.15) is 48.8 Å². The molecule has 0 heterocycles. The Bertz CT molecular complexity index is 1190. The molecular weight excluding hydrogens is 444 g/mol. The lowest BCUT2D eigenvalue weighted by Gasteiger charge is -2.17. The van der Waals surface area contributed by atoms with Gasteiger partial charge in [-0.3, -0.25) is 10.1 Å². The van der Waals surface area contributed by atoms with E-state index >= 15 is 0 Å².